The molecule has 8 nitrogen and oxygen atoms in total. The zero-order valence-electron chi connectivity index (χ0n) is 12.0. The highest BCUT2D eigenvalue weighted by Gasteiger charge is 2.00. The Kier molecular flexibility index (Phi) is 9.58. The molecular weight excluding hydrogens is 262 g/mol. The van der Waals surface area contributed by atoms with Crippen LogP contribution in [0.5, 0.6) is 0 Å². The van der Waals surface area contributed by atoms with E-state index >= 15 is 0 Å². The third-order valence-electron chi connectivity index (χ3n) is 2.45. The van der Waals surface area contributed by atoms with Crippen LogP contribution in [0.2, 0.25) is 0 Å². The van der Waals surface area contributed by atoms with Crippen LogP contribution in [0.25, 0.3) is 0 Å². The van der Waals surface area contributed by atoms with E-state index in [2.05, 4.69) is 27.3 Å². The summed E-state index contributed by atoms with van der Waals surface area (Å²) in [6.07, 6.45) is 1.56. The lowest BCUT2D eigenvalue weighted by molar-refractivity contribution is 0.0135. The predicted octanol–water partition coefficient (Wildman–Crippen LogP) is -0.121. The quantitative estimate of drug-likeness (QED) is 0.402. The molecule has 1 aromatic heterocycles. The number of likely N-dealkylation sites (N-methyl/N-ethyl adjacent to an activating group) is 1. The lowest BCUT2D eigenvalue weighted by Crippen LogP contribution is -2.17. The summed E-state index contributed by atoms with van der Waals surface area (Å²) in [6.45, 7) is 8.42. The minimum atomic E-state index is 0.536. The topological polar surface area (TPSA) is 82.8 Å². The summed E-state index contributed by atoms with van der Waals surface area (Å²) < 4.78 is 17.7. The van der Waals surface area contributed by atoms with Gasteiger partial charge in [0.05, 0.1) is 52.4 Å². The molecule has 0 atom stereocenters. The van der Waals surface area contributed by atoms with Gasteiger partial charge >= 0.3 is 0 Å². The molecule has 0 bridgehead atoms. The Morgan fingerprint density at radius 2 is 1.80 bits per heavy atom. The molecule has 1 aromatic rings. The van der Waals surface area contributed by atoms with Crippen molar-refractivity contribution in [3.63, 3.8) is 0 Å². The molecule has 0 saturated carbocycles. The Hall–Kier alpha value is -1.35. The van der Waals surface area contributed by atoms with E-state index in [1.807, 2.05) is 7.05 Å². The molecule has 20 heavy (non-hydrogen) atoms. The SMILES string of the molecule is C=Nc1cnnn1CCOCCOCCOCCNC. The highest BCUT2D eigenvalue weighted by atomic mass is 16.5. The molecule has 0 unspecified atom stereocenters. The monoisotopic (exact) mass is 285 g/mol. The standard InChI is InChI=1S/C12H23N5O3/c1-13-3-5-18-7-9-20-10-8-19-6-4-17-12(14-2)11-15-16-17/h11,13H,2-10H2,1H3. The third kappa shape index (κ3) is 7.29. The first-order valence-corrected chi connectivity index (χ1v) is 6.61. The minimum absolute atomic E-state index is 0.536. The van der Waals surface area contributed by atoms with Gasteiger partial charge in [-0.15, -0.1) is 5.10 Å². The van der Waals surface area contributed by atoms with Gasteiger partial charge in [-0.3, -0.25) is 0 Å². The van der Waals surface area contributed by atoms with Crippen molar-refractivity contribution in [3.05, 3.63) is 6.20 Å². The van der Waals surface area contributed by atoms with Crippen molar-refractivity contribution in [2.24, 2.45) is 4.99 Å². The van der Waals surface area contributed by atoms with Gasteiger partial charge in [0.1, 0.15) is 0 Å². The fourth-order valence-electron chi connectivity index (χ4n) is 1.40. The van der Waals surface area contributed by atoms with Crippen molar-refractivity contribution in [3.8, 4) is 0 Å². The van der Waals surface area contributed by atoms with E-state index in [1.165, 1.54) is 0 Å². The largest absolute Gasteiger partial charge is 0.378 e. The van der Waals surface area contributed by atoms with Gasteiger partial charge in [-0.1, -0.05) is 5.21 Å². The van der Waals surface area contributed by atoms with Gasteiger partial charge in [0.2, 0.25) is 0 Å². The highest BCUT2D eigenvalue weighted by Crippen LogP contribution is 2.06. The van der Waals surface area contributed by atoms with Gasteiger partial charge in [-0.25, -0.2) is 9.67 Å². The molecule has 0 fully saturated rings. The number of rotatable bonds is 13. The number of aromatic nitrogens is 3. The van der Waals surface area contributed by atoms with Gasteiger partial charge < -0.3 is 19.5 Å². The summed E-state index contributed by atoms with van der Waals surface area (Å²) in [4.78, 5) is 3.79. The molecule has 0 saturated heterocycles. The number of hydrogen-bond donors (Lipinski definition) is 1. The van der Waals surface area contributed by atoms with E-state index in [0.717, 1.165) is 6.54 Å². The summed E-state index contributed by atoms with van der Waals surface area (Å²) in [5.74, 6) is 0.642. The molecule has 0 aromatic carbocycles. The summed E-state index contributed by atoms with van der Waals surface area (Å²) >= 11 is 0. The number of nitrogens with one attached hydrogen (secondary N) is 1. The second kappa shape index (κ2) is 11.5. The van der Waals surface area contributed by atoms with Crippen LogP contribution in [0.4, 0.5) is 5.82 Å². The van der Waals surface area contributed by atoms with Crippen LogP contribution in [-0.4, -0.2) is 74.9 Å². The van der Waals surface area contributed by atoms with Gasteiger partial charge in [0.15, 0.2) is 5.82 Å². The summed E-state index contributed by atoms with van der Waals surface area (Å²) in [5.41, 5.74) is 0. The molecule has 0 aliphatic rings. The van der Waals surface area contributed by atoms with Gasteiger partial charge in [-0.05, 0) is 13.8 Å². The maximum atomic E-state index is 5.43. The zero-order chi connectivity index (χ0) is 14.5. The molecule has 0 radical (unpaired) electrons. The van der Waals surface area contributed by atoms with Crippen LogP contribution in [0.3, 0.4) is 0 Å². The van der Waals surface area contributed by atoms with E-state index in [-0.39, 0.29) is 0 Å². The molecule has 1 N–H and O–H groups in total. The number of hydrogen-bond acceptors (Lipinski definition) is 7. The molecule has 0 spiro atoms. The lowest BCUT2D eigenvalue weighted by atomic mass is 10.6. The van der Waals surface area contributed by atoms with Crippen molar-refractivity contribution in [2.75, 3.05) is 53.2 Å². The predicted molar refractivity (Wildman–Crippen MR) is 75.6 cm³/mol. The molecule has 114 valence electrons. The molecule has 0 amide bonds. The Balaban J connectivity index is 1.86. The third-order valence-corrected chi connectivity index (χ3v) is 2.45. The van der Waals surface area contributed by atoms with Crippen molar-refractivity contribution in [1.29, 1.82) is 0 Å². The number of nitrogens with zero attached hydrogens (tertiary/aromatic N) is 4. The molecular formula is C12H23N5O3. The zero-order valence-corrected chi connectivity index (χ0v) is 12.0. The van der Waals surface area contributed by atoms with Gasteiger partial charge in [0, 0.05) is 6.54 Å². The van der Waals surface area contributed by atoms with E-state index in [1.54, 1.807) is 10.9 Å². The minimum Gasteiger partial charge on any atom is -0.378 e. The second-order valence-corrected chi connectivity index (χ2v) is 3.91. The molecule has 0 aliphatic carbocycles. The van der Waals surface area contributed by atoms with Crippen molar-refractivity contribution in [2.45, 2.75) is 6.54 Å². The first-order chi connectivity index (χ1) is 9.88. The van der Waals surface area contributed by atoms with Crippen LogP contribution in [0, 0.1) is 0 Å². The fraction of sp³-hybridized carbons (Fsp3) is 0.750. The average molecular weight is 285 g/mol. The first-order valence-electron chi connectivity index (χ1n) is 6.61. The van der Waals surface area contributed by atoms with Crippen LogP contribution < -0.4 is 5.32 Å². The van der Waals surface area contributed by atoms with E-state index in [0.29, 0.717) is 52.0 Å². The maximum Gasteiger partial charge on any atom is 0.170 e. The Labute approximate surface area is 119 Å². The van der Waals surface area contributed by atoms with E-state index in [9.17, 15) is 0 Å². The average Bonchev–Trinajstić information content (AvgIpc) is 2.92. The molecule has 0 aliphatic heterocycles. The van der Waals surface area contributed by atoms with Gasteiger partial charge in [0.25, 0.3) is 0 Å². The van der Waals surface area contributed by atoms with Crippen molar-refractivity contribution in [1.82, 2.24) is 20.3 Å². The van der Waals surface area contributed by atoms with Crippen LogP contribution in [-0.2, 0) is 20.8 Å². The normalized spacial score (nSPS) is 10.8. The molecule has 1 heterocycles. The Morgan fingerprint density at radius 1 is 1.15 bits per heavy atom. The van der Waals surface area contributed by atoms with Crippen molar-refractivity contribution >= 4 is 12.5 Å². The highest BCUT2D eigenvalue weighted by molar-refractivity contribution is 5.37. The summed E-state index contributed by atoms with van der Waals surface area (Å²) in [5, 5.41) is 10.6. The Morgan fingerprint density at radius 3 is 2.45 bits per heavy atom. The lowest BCUT2D eigenvalue weighted by Gasteiger charge is -2.07. The number of aliphatic imine (C=N–C) groups is 1. The van der Waals surface area contributed by atoms with Crippen LogP contribution >= 0.6 is 0 Å². The fourth-order valence-corrected chi connectivity index (χ4v) is 1.40. The molecule has 1 rings (SSSR count). The van der Waals surface area contributed by atoms with Crippen LogP contribution in [0.1, 0.15) is 0 Å². The maximum absolute atomic E-state index is 5.43. The van der Waals surface area contributed by atoms with Gasteiger partial charge in [-0.2, -0.15) is 0 Å². The second-order valence-electron chi connectivity index (χ2n) is 3.91. The smallest absolute Gasteiger partial charge is 0.170 e. The Bertz CT molecular complexity index is 359. The first kappa shape index (κ1) is 16.7. The summed E-state index contributed by atoms with van der Waals surface area (Å²) in [6, 6.07) is 0. The summed E-state index contributed by atoms with van der Waals surface area (Å²) in [7, 11) is 1.89. The molecule has 8 heteroatoms. The van der Waals surface area contributed by atoms with E-state index in [4.69, 9.17) is 14.2 Å². The van der Waals surface area contributed by atoms with Crippen molar-refractivity contribution < 1.29 is 14.2 Å². The van der Waals surface area contributed by atoms with Crippen LogP contribution in [0.15, 0.2) is 11.2 Å². The van der Waals surface area contributed by atoms with E-state index < -0.39 is 0 Å². The number of ether oxygens (including phenoxy) is 3.